The predicted octanol–water partition coefficient (Wildman–Crippen LogP) is 4.65. The van der Waals surface area contributed by atoms with Crippen molar-refractivity contribution in [3.8, 4) is 0 Å². The zero-order chi connectivity index (χ0) is 18.8. The van der Waals surface area contributed by atoms with Gasteiger partial charge in [0.1, 0.15) is 0 Å². The lowest BCUT2D eigenvalue weighted by Crippen LogP contribution is -2.45. The van der Waals surface area contributed by atoms with E-state index in [1.54, 1.807) is 0 Å². The van der Waals surface area contributed by atoms with Gasteiger partial charge in [0.05, 0.1) is 11.7 Å². The fraction of sp³-hybridized carbons (Fsp3) is 0.696. The molecule has 2 aromatic rings. The lowest BCUT2D eigenvalue weighted by atomic mass is 9.88. The van der Waals surface area contributed by atoms with Crippen molar-refractivity contribution in [3.05, 3.63) is 30.0 Å². The van der Waals surface area contributed by atoms with E-state index in [0.717, 1.165) is 37.8 Å². The zero-order valence-electron chi connectivity index (χ0n) is 17.2. The lowest BCUT2D eigenvalue weighted by molar-refractivity contribution is 0.0635. The molecule has 0 radical (unpaired) electrons. The molecule has 4 rings (SSSR count). The number of fused-ring (bicyclic) bond motifs is 3. The third-order valence-corrected chi connectivity index (χ3v) is 6.66. The summed E-state index contributed by atoms with van der Waals surface area (Å²) in [7, 11) is 0. The van der Waals surface area contributed by atoms with Crippen molar-refractivity contribution in [2.24, 2.45) is 11.8 Å². The molecule has 2 bridgehead atoms. The summed E-state index contributed by atoms with van der Waals surface area (Å²) in [5.74, 6) is 1.50. The van der Waals surface area contributed by atoms with Crippen LogP contribution in [0, 0.1) is 18.8 Å². The minimum atomic E-state index is 0.622. The van der Waals surface area contributed by atoms with E-state index in [-0.39, 0.29) is 0 Å². The van der Waals surface area contributed by atoms with Crippen molar-refractivity contribution < 1.29 is 4.74 Å². The highest BCUT2D eigenvalue weighted by Crippen LogP contribution is 2.40. The van der Waals surface area contributed by atoms with E-state index >= 15 is 0 Å². The van der Waals surface area contributed by atoms with Crippen LogP contribution < -0.4 is 0 Å². The molecule has 2 aliphatic rings. The second-order valence-electron chi connectivity index (χ2n) is 8.90. The summed E-state index contributed by atoms with van der Waals surface area (Å²) < 4.78 is 7.81. The van der Waals surface area contributed by atoms with Gasteiger partial charge in [-0.15, -0.1) is 0 Å². The maximum Gasteiger partial charge on any atom is 0.0685 e. The standard InChI is InChI=1S/C23H35N3O/c1-4-27-10-9-19-12-21-7-8-22(13-19)25(21)15-18(3)16-26-23-11-17(2)5-6-20(23)14-24-26/h5-6,11,14,18-19,21-22H,4,7-10,12-13,15-16H2,1-3H3/t18-,19?,21-,22+/m1/s1. The largest absolute Gasteiger partial charge is 0.382 e. The molecule has 1 aromatic heterocycles. The first-order valence-electron chi connectivity index (χ1n) is 10.9. The van der Waals surface area contributed by atoms with Crippen LogP contribution in [0.15, 0.2) is 24.4 Å². The number of benzene rings is 1. The van der Waals surface area contributed by atoms with Gasteiger partial charge in [-0.05, 0) is 69.4 Å². The van der Waals surface area contributed by atoms with Crippen LogP contribution in [-0.2, 0) is 11.3 Å². The van der Waals surface area contributed by atoms with Crippen LogP contribution in [-0.4, -0.2) is 46.5 Å². The smallest absolute Gasteiger partial charge is 0.0685 e. The third-order valence-electron chi connectivity index (χ3n) is 6.66. The average Bonchev–Trinajstić information content (AvgIpc) is 3.12. The van der Waals surface area contributed by atoms with Gasteiger partial charge < -0.3 is 4.74 Å². The van der Waals surface area contributed by atoms with Gasteiger partial charge in [0.15, 0.2) is 0 Å². The Morgan fingerprint density at radius 1 is 1.19 bits per heavy atom. The minimum Gasteiger partial charge on any atom is -0.382 e. The van der Waals surface area contributed by atoms with E-state index < -0.39 is 0 Å². The Morgan fingerprint density at radius 3 is 2.70 bits per heavy atom. The molecule has 148 valence electrons. The van der Waals surface area contributed by atoms with Crippen molar-refractivity contribution in [2.75, 3.05) is 19.8 Å². The Kier molecular flexibility index (Phi) is 5.84. The molecule has 2 fully saturated rings. The van der Waals surface area contributed by atoms with E-state index in [1.165, 1.54) is 55.1 Å². The highest BCUT2D eigenvalue weighted by molar-refractivity contribution is 5.79. The topological polar surface area (TPSA) is 30.3 Å². The number of aryl methyl sites for hydroxylation is 1. The molecule has 0 N–H and O–H groups in total. The van der Waals surface area contributed by atoms with Gasteiger partial charge in [0, 0.05) is 43.8 Å². The van der Waals surface area contributed by atoms with Crippen LogP contribution in [0.1, 0.15) is 51.5 Å². The Morgan fingerprint density at radius 2 is 1.96 bits per heavy atom. The van der Waals surface area contributed by atoms with Gasteiger partial charge in [-0.25, -0.2) is 0 Å². The first-order chi connectivity index (χ1) is 13.1. The highest BCUT2D eigenvalue weighted by atomic mass is 16.5. The number of rotatable bonds is 8. The summed E-state index contributed by atoms with van der Waals surface area (Å²) in [6, 6.07) is 8.23. The first-order valence-corrected chi connectivity index (χ1v) is 10.9. The molecule has 0 saturated carbocycles. The maximum atomic E-state index is 5.60. The van der Waals surface area contributed by atoms with Gasteiger partial charge in [-0.2, -0.15) is 5.10 Å². The number of hydrogen-bond acceptors (Lipinski definition) is 3. The van der Waals surface area contributed by atoms with Gasteiger partial charge >= 0.3 is 0 Å². The number of ether oxygens (including phenoxy) is 1. The molecule has 3 heterocycles. The van der Waals surface area contributed by atoms with E-state index in [2.05, 4.69) is 53.7 Å². The van der Waals surface area contributed by atoms with Crippen molar-refractivity contribution in [1.82, 2.24) is 14.7 Å². The molecule has 27 heavy (non-hydrogen) atoms. The van der Waals surface area contributed by atoms with E-state index in [4.69, 9.17) is 4.74 Å². The first kappa shape index (κ1) is 18.9. The Labute approximate surface area is 163 Å². The van der Waals surface area contributed by atoms with Gasteiger partial charge in [-0.1, -0.05) is 19.1 Å². The van der Waals surface area contributed by atoms with Crippen LogP contribution in [0.4, 0.5) is 0 Å². The SMILES string of the molecule is CCOCCC1C[C@H]2CC[C@@H](C1)N2C[C@@H](C)Cn1ncc2ccc(C)cc21. The molecule has 4 heteroatoms. The molecular formula is C23H35N3O. The summed E-state index contributed by atoms with van der Waals surface area (Å²) in [6.45, 7) is 10.7. The summed E-state index contributed by atoms with van der Waals surface area (Å²) in [4.78, 5) is 2.83. The molecule has 0 aliphatic carbocycles. The maximum absolute atomic E-state index is 5.60. The van der Waals surface area contributed by atoms with E-state index in [1.807, 2.05) is 6.20 Å². The molecule has 1 unspecified atom stereocenters. The van der Waals surface area contributed by atoms with Crippen molar-refractivity contribution >= 4 is 10.9 Å². The zero-order valence-corrected chi connectivity index (χ0v) is 17.2. The monoisotopic (exact) mass is 369 g/mol. The van der Waals surface area contributed by atoms with Gasteiger partial charge in [-0.3, -0.25) is 9.58 Å². The van der Waals surface area contributed by atoms with Crippen LogP contribution in [0.25, 0.3) is 10.9 Å². The average molecular weight is 370 g/mol. The number of aromatic nitrogens is 2. The Bertz CT molecular complexity index is 741. The molecule has 2 saturated heterocycles. The fourth-order valence-electron chi connectivity index (χ4n) is 5.35. The summed E-state index contributed by atoms with van der Waals surface area (Å²) in [5.41, 5.74) is 2.59. The van der Waals surface area contributed by atoms with E-state index in [9.17, 15) is 0 Å². The number of piperidine rings is 1. The third kappa shape index (κ3) is 4.22. The summed E-state index contributed by atoms with van der Waals surface area (Å²) in [6.07, 6.45) is 8.80. The molecular weight excluding hydrogens is 334 g/mol. The molecule has 0 spiro atoms. The van der Waals surface area contributed by atoms with Crippen molar-refractivity contribution in [1.29, 1.82) is 0 Å². The van der Waals surface area contributed by atoms with Gasteiger partial charge in [0.25, 0.3) is 0 Å². The predicted molar refractivity (Wildman–Crippen MR) is 111 cm³/mol. The van der Waals surface area contributed by atoms with E-state index in [0.29, 0.717) is 5.92 Å². The quantitative estimate of drug-likeness (QED) is 0.635. The molecule has 4 nitrogen and oxygen atoms in total. The van der Waals surface area contributed by atoms with Crippen LogP contribution in [0.3, 0.4) is 0 Å². The highest BCUT2D eigenvalue weighted by Gasteiger charge is 2.40. The lowest BCUT2D eigenvalue weighted by Gasteiger charge is -2.40. The Hall–Kier alpha value is -1.39. The minimum absolute atomic E-state index is 0.622. The second-order valence-corrected chi connectivity index (χ2v) is 8.90. The molecule has 4 atom stereocenters. The van der Waals surface area contributed by atoms with Crippen LogP contribution >= 0.6 is 0 Å². The molecule has 1 aromatic carbocycles. The van der Waals surface area contributed by atoms with Gasteiger partial charge in [0.2, 0.25) is 0 Å². The van der Waals surface area contributed by atoms with Crippen molar-refractivity contribution in [3.63, 3.8) is 0 Å². The van der Waals surface area contributed by atoms with Crippen molar-refractivity contribution in [2.45, 2.75) is 71.5 Å². The van der Waals surface area contributed by atoms with Crippen LogP contribution in [0.2, 0.25) is 0 Å². The second kappa shape index (κ2) is 8.32. The molecule has 2 aliphatic heterocycles. The Balaban J connectivity index is 1.34. The number of hydrogen-bond donors (Lipinski definition) is 0. The fourth-order valence-corrected chi connectivity index (χ4v) is 5.35. The molecule has 0 amide bonds. The summed E-state index contributed by atoms with van der Waals surface area (Å²) in [5, 5.41) is 5.91. The number of nitrogens with zero attached hydrogens (tertiary/aromatic N) is 3. The van der Waals surface area contributed by atoms with Crippen LogP contribution in [0.5, 0.6) is 0 Å². The normalized spacial score (nSPS) is 26.7. The summed E-state index contributed by atoms with van der Waals surface area (Å²) >= 11 is 0.